The lowest BCUT2D eigenvalue weighted by atomic mass is 9.83. The van der Waals surface area contributed by atoms with E-state index in [-0.39, 0.29) is 11.5 Å². The molecule has 2 rings (SSSR count). The van der Waals surface area contributed by atoms with E-state index in [1.807, 2.05) is 32.9 Å². The van der Waals surface area contributed by atoms with Crippen LogP contribution >= 0.6 is 0 Å². The van der Waals surface area contributed by atoms with Crippen LogP contribution in [0, 0.1) is 16.7 Å². The summed E-state index contributed by atoms with van der Waals surface area (Å²) in [4.78, 5) is 4.00. The summed E-state index contributed by atoms with van der Waals surface area (Å²) in [5.41, 5.74) is 0.310. The normalized spacial score (nSPS) is 13.9. The van der Waals surface area contributed by atoms with Crippen molar-refractivity contribution < 1.29 is 9.84 Å². The standard InChI is InChI=1S/C19H26N4O2/c1-19(2,3)18(24)16(23-14-21-13-22-23)9-6-7-11-25-17-10-5-4-8-15(17)12-20/h4-5,8,10,13-14,16,18,24H,6-7,9,11H2,1-3H3. The van der Waals surface area contributed by atoms with Crippen LogP contribution in [0.1, 0.15) is 51.6 Å². The molecule has 0 radical (unpaired) electrons. The summed E-state index contributed by atoms with van der Waals surface area (Å²) < 4.78 is 7.45. The van der Waals surface area contributed by atoms with Crippen molar-refractivity contribution in [3.63, 3.8) is 0 Å². The van der Waals surface area contributed by atoms with E-state index in [4.69, 9.17) is 10.00 Å². The fourth-order valence-electron chi connectivity index (χ4n) is 2.72. The minimum atomic E-state index is -0.519. The Bertz CT molecular complexity index is 686. The molecule has 1 heterocycles. The number of para-hydroxylation sites is 1. The average Bonchev–Trinajstić information content (AvgIpc) is 3.11. The molecule has 0 aliphatic carbocycles. The topological polar surface area (TPSA) is 84.0 Å². The van der Waals surface area contributed by atoms with Crippen LogP contribution in [-0.2, 0) is 0 Å². The van der Waals surface area contributed by atoms with Gasteiger partial charge in [0, 0.05) is 0 Å². The molecular weight excluding hydrogens is 316 g/mol. The Morgan fingerprint density at radius 2 is 2.04 bits per heavy atom. The van der Waals surface area contributed by atoms with Crippen molar-refractivity contribution >= 4 is 0 Å². The van der Waals surface area contributed by atoms with Gasteiger partial charge in [-0.05, 0) is 36.8 Å². The van der Waals surface area contributed by atoms with E-state index < -0.39 is 6.10 Å². The zero-order valence-corrected chi connectivity index (χ0v) is 15.1. The lowest BCUT2D eigenvalue weighted by Gasteiger charge is -2.33. The molecule has 2 aromatic rings. The summed E-state index contributed by atoms with van der Waals surface area (Å²) in [6, 6.07) is 9.24. The van der Waals surface area contributed by atoms with E-state index in [9.17, 15) is 5.11 Å². The van der Waals surface area contributed by atoms with Crippen molar-refractivity contribution in [2.75, 3.05) is 6.61 Å². The SMILES string of the molecule is CC(C)(C)C(O)C(CCCCOc1ccccc1C#N)n1cncn1. The molecule has 0 amide bonds. The molecule has 25 heavy (non-hydrogen) atoms. The van der Waals surface area contributed by atoms with E-state index in [0.717, 1.165) is 19.3 Å². The highest BCUT2D eigenvalue weighted by Crippen LogP contribution is 2.31. The van der Waals surface area contributed by atoms with Gasteiger partial charge in [-0.15, -0.1) is 0 Å². The first-order valence-corrected chi connectivity index (χ1v) is 8.57. The van der Waals surface area contributed by atoms with Crippen molar-refractivity contribution in [3.8, 4) is 11.8 Å². The van der Waals surface area contributed by atoms with Gasteiger partial charge >= 0.3 is 0 Å². The first-order valence-electron chi connectivity index (χ1n) is 8.57. The molecule has 0 aliphatic heterocycles. The average molecular weight is 342 g/mol. The van der Waals surface area contributed by atoms with Crippen molar-refractivity contribution in [2.45, 2.75) is 52.2 Å². The Hall–Kier alpha value is -2.39. The second kappa shape index (κ2) is 8.63. The highest BCUT2D eigenvalue weighted by molar-refractivity contribution is 5.42. The van der Waals surface area contributed by atoms with E-state index in [1.54, 1.807) is 23.1 Å². The van der Waals surface area contributed by atoms with E-state index >= 15 is 0 Å². The third kappa shape index (κ3) is 5.30. The summed E-state index contributed by atoms with van der Waals surface area (Å²) >= 11 is 0. The number of aliphatic hydroxyl groups is 1. The fourth-order valence-corrected chi connectivity index (χ4v) is 2.72. The predicted molar refractivity (Wildman–Crippen MR) is 95.0 cm³/mol. The second-order valence-electron chi connectivity index (χ2n) is 7.21. The lowest BCUT2D eigenvalue weighted by molar-refractivity contribution is 0.00823. The molecule has 0 saturated heterocycles. The van der Waals surface area contributed by atoms with Crippen LogP contribution in [0.2, 0.25) is 0 Å². The van der Waals surface area contributed by atoms with Crippen LogP contribution in [0.15, 0.2) is 36.9 Å². The van der Waals surface area contributed by atoms with Crippen molar-refractivity contribution in [1.82, 2.24) is 14.8 Å². The Labute approximate surface area is 149 Å². The van der Waals surface area contributed by atoms with Crippen molar-refractivity contribution in [1.29, 1.82) is 5.26 Å². The zero-order chi connectivity index (χ0) is 18.3. The van der Waals surface area contributed by atoms with Crippen LogP contribution in [-0.4, -0.2) is 32.6 Å². The predicted octanol–water partition coefficient (Wildman–Crippen LogP) is 3.35. The minimum absolute atomic E-state index is 0.117. The molecule has 6 heteroatoms. The van der Waals surface area contributed by atoms with Crippen LogP contribution < -0.4 is 4.74 Å². The van der Waals surface area contributed by atoms with Crippen LogP contribution in [0.25, 0.3) is 0 Å². The number of ether oxygens (including phenoxy) is 1. The van der Waals surface area contributed by atoms with E-state index in [2.05, 4.69) is 16.2 Å². The van der Waals surface area contributed by atoms with E-state index in [1.165, 1.54) is 6.33 Å². The number of benzene rings is 1. The Kier molecular flexibility index (Phi) is 6.54. The smallest absolute Gasteiger partial charge is 0.137 e. The third-order valence-electron chi connectivity index (χ3n) is 4.19. The maximum absolute atomic E-state index is 10.7. The van der Waals surface area contributed by atoms with Gasteiger partial charge in [-0.25, -0.2) is 9.67 Å². The zero-order valence-electron chi connectivity index (χ0n) is 15.1. The molecule has 1 aromatic carbocycles. The first-order chi connectivity index (χ1) is 11.9. The molecule has 6 nitrogen and oxygen atoms in total. The molecule has 2 unspecified atom stereocenters. The van der Waals surface area contributed by atoms with Gasteiger partial charge in [0.05, 0.1) is 24.3 Å². The molecule has 0 fully saturated rings. The van der Waals surface area contributed by atoms with Crippen molar-refractivity contribution in [3.05, 3.63) is 42.5 Å². The summed E-state index contributed by atoms with van der Waals surface area (Å²) in [6.07, 6.45) is 5.12. The number of rotatable bonds is 8. The number of unbranched alkanes of at least 4 members (excludes halogenated alkanes) is 1. The highest BCUT2D eigenvalue weighted by atomic mass is 16.5. The molecular formula is C19H26N4O2. The summed E-state index contributed by atoms with van der Waals surface area (Å²) in [6.45, 7) is 6.59. The van der Waals surface area contributed by atoms with Gasteiger partial charge in [-0.1, -0.05) is 32.9 Å². The monoisotopic (exact) mass is 342 g/mol. The quantitative estimate of drug-likeness (QED) is 0.744. The van der Waals surface area contributed by atoms with Crippen LogP contribution in [0.4, 0.5) is 0 Å². The molecule has 2 atom stereocenters. The number of nitrogens with zero attached hydrogens (tertiary/aromatic N) is 4. The fraction of sp³-hybridized carbons (Fsp3) is 0.526. The van der Waals surface area contributed by atoms with Gasteiger partial charge in [-0.2, -0.15) is 10.4 Å². The number of aromatic nitrogens is 3. The van der Waals surface area contributed by atoms with Gasteiger partial charge < -0.3 is 9.84 Å². The number of nitriles is 1. The van der Waals surface area contributed by atoms with Gasteiger partial charge in [0.15, 0.2) is 0 Å². The van der Waals surface area contributed by atoms with Gasteiger partial charge in [0.25, 0.3) is 0 Å². The molecule has 0 bridgehead atoms. The molecule has 134 valence electrons. The van der Waals surface area contributed by atoms with Gasteiger partial charge in [-0.3, -0.25) is 0 Å². The number of hydrogen-bond donors (Lipinski definition) is 1. The largest absolute Gasteiger partial charge is 0.492 e. The van der Waals surface area contributed by atoms with Crippen LogP contribution in [0.5, 0.6) is 5.75 Å². The van der Waals surface area contributed by atoms with Gasteiger partial charge in [0.1, 0.15) is 24.5 Å². The highest BCUT2D eigenvalue weighted by Gasteiger charge is 2.31. The summed E-state index contributed by atoms with van der Waals surface area (Å²) in [5, 5.41) is 23.9. The van der Waals surface area contributed by atoms with E-state index in [0.29, 0.717) is 17.9 Å². The molecule has 0 saturated carbocycles. The second-order valence-corrected chi connectivity index (χ2v) is 7.21. The van der Waals surface area contributed by atoms with Crippen LogP contribution in [0.3, 0.4) is 0 Å². The minimum Gasteiger partial charge on any atom is -0.492 e. The summed E-state index contributed by atoms with van der Waals surface area (Å²) in [5.74, 6) is 0.618. The molecule has 1 aromatic heterocycles. The molecule has 0 spiro atoms. The molecule has 1 N–H and O–H groups in total. The number of hydrogen-bond acceptors (Lipinski definition) is 5. The Morgan fingerprint density at radius 3 is 2.68 bits per heavy atom. The lowest BCUT2D eigenvalue weighted by Crippen LogP contribution is -2.35. The molecule has 0 aliphatic rings. The maximum Gasteiger partial charge on any atom is 0.137 e. The Balaban J connectivity index is 1.86. The maximum atomic E-state index is 10.7. The Morgan fingerprint density at radius 1 is 1.28 bits per heavy atom. The number of aliphatic hydroxyl groups excluding tert-OH is 1. The van der Waals surface area contributed by atoms with Gasteiger partial charge in [0.2, 0.25) is 0 Å². The first kappa shape index (κ1) is 18.9. The summed E-state index contributed by atoms with van der Waals surface area (Å²) in [7, 11) is 0. The third-order valence-corrected chi connectivity index (χ3v) is 4.19. The van der Waals surface area contributed by atoms with Crippen molar-refractivity contribution in [2.24, 2.45) is 5.41 Å².